The zero-order valence-corrected chi connectivity index (χ0v) is 18.9. The van der Waals surface area contributed by atoms with E-state index in [2.05, 4.69) is 24.3 Å². The molecule has 1 saturated heterocycles. The molecule has 1 heterocycles. The molecule has 2 amide bonds. The van der Waals surface area contributed by atoms with Crippen molar-refractivity contribution in [3.8, 4) is 0 Å². The summed E-state index contributed by atoms with van der Waals surface area (Å²) in [7, 11) is -1.28. The van der Waals surface area contributed by atoms with E-state index in [1.54, 1.807) is 6.92 Å². The summed E-state index contributed by atoms with van der Waals surface area (Å²) in [5, 5.41) is -0.455. The minimum atomic E-state index is -1.28. The first kappa shape index (κ1) is 23.2. The van der Waals surface area contributed by atoms with Crippen LogP contribution in [-0.4, -0.2) is 32.3 Å². The summed E-state index contributed by atoms with van der Waals surface area (Å²) in [4.78, 5) is 26.2. The fourth-order valence-corrected chi connectivity index (χ4v) is 6.00. The predicted octanol–water partition coefficient (Wildman–Crippen LogP) is 3.79. The second-order valence-electron chi connectivity index (χ2n) is 8.29. The van der Waals surface area contributed by atoms with Gasteiger partial charge in [0.25, 0.3) is 0 Å². The SMILES string of the molecule is CC1C(=O)N(C(CCCCCCc2ccccc2)C(N)=O)C1S(=O)Cc1ccccc1. The average Bonchev–Trinajstić information content (AvgIpc) is 2.78. The van der Waals surface area contributed by atoms with Gasteiger partial charge in [0.05, 0.1) is 11.7 Å². The van der Waals surface area contributed by atoms with Gasteiger partial charge in [-0.25, -0.2) is 0 Å². The topological polar surface area (TPSA) is 80.5 Å². The van der Waals surface area contributed by atoms with Gasteiger partial charge in [-0.15, -0.1) is 0 Å². The number of benzene rings is 2. The molecule has 0 saturated carbocycles. The summed E-state index contributed by atoms with van der Waals surface area (Å²) >= 11 is 0. The monoisotopic (exact) mass is 440 g/mol. The minimum absolute atomic E-state index is 0.126. The van der Waals surface area contributed by atoms with Crippen LogP contribution in [0.15, 0.2) is 60.7 Å². The van der Waals surface area contributed by atoms with Gasteiger partial charge in [0.2, 0.25) is 11.8 Å². The van der Waals surface area contributed by atoms with Crippen LogP contribution in [0.1, 0.15) is 50.2 Å². The lowest BCUT2D eigenvalue weighted by Gasteiger charge is -2.48. The maximum Gasteiger partial charge on any atom is 0.240 e. The maximum absolute atomic E-state index is 13.0. The van der Waals surface area contributed by atoms with Crippen molar-refractivity contribution in [3.05, 3.63) is 71.8 Å². The highest BCUT2D eigenvalue weighted by atomic mass is 32.2. The molecule has 5 nitrogen and oxygen atoms in total. The highest BCUT2D eigenvalue weighted by Crippen LogP contribution is 2.34. The first-order valence-corrected chi connectivity index (χ1v) is 12.4. The van der Waals surface area contributed by atoms with E-state index in [1.807, 2.05) is 36.4 Å². The zero-order chi connectivity index (χ0) is 22.2. The third kappa shape index (κ3) is 6.03. The number of carbonyl (C=O) groups is 2. The number of primary amides is 1. The normalized spacial score (nSPS) is 20.2. The number of amides is 2. The second kappa shape index (κ2) is 11.2. The molecule has 0 aliphatic carbocycles. The van der Waals surface area contributed by atoms with Crippen LogP contribution in [0.5, 0.6) is 0 Å². The molecule has 1 aliphatic heterocycles. The largest absolute Gasteiger partial charge is 0.368 e. The minimum Gasteiger partial charge on any atom is -0.368 e. The molecule has 2 aromatic rings. The molecule has 0 radical (unpaired) electrons. The molecule has 0 aromatic heterocycles. The Morgan fingerprint density at radius 3 is 2.16 bits per heavy atom. The summed E-state index contributed by atoms with van der Waals surface area (Å²) in [5.41, 5.74) is 7.95. The Morgan fingerprint density at radius 1 is 0.968 bits per heavy atom. The van der Waals surface area contributed by atoms with E-state index < -0.39 is 28.1 Å². The highest BCUT2D eigenvalue weighted by molar-refractivity contribution is 7.85. The molecular weight excluding hydrogens is 408 g/mol. The first-order valence-electron chi connectivity index (χ1n) is 11.1. The van der Waals surface area contributed by atoms with Crippen LogP contribution in [-0.2, 0) is 32.6 Å². The van der Waals surface area contributed by atoms with Crippen molar-refractivity contribution in [3.63, 3.8) is 0 Å². The van der Waals surface area contributed by atoms with Crippen LogP contribution in [0.2, 0.25) is 0 Å². The lowest BCUT2D eigenvalue weighted by molar-refractivity contribution is -0.157. The molecule has 4 unspecified atom stereocenters. The van der Waals surface area contributed by atoms with E-state index >= 15 is 0 Å². The number of nitrogens with two attached hydrogens (primary N) is 1. The summed E-state index contributed by atoms with van der Waals surface area (Å²) in [6.45, 7) is 1.79. The van der Waals surface area contributed by atoms with Gasteiger partial charge in [0.15, 0.2) is 0 Å². The van der Waals surface area contributed by atoms with Gasteiger partial charge >= 0.3 is 0 Å². The molecule has 0 spiro atoms. The Kier molecular flexibility index (Phi) is 8.41. The Labute approximate surface area is 187 Å². The highest BCUT2D eigenvalue weighted by Gasteiger charge is 2.51. The molecule has 166 valence electrons. The van der Waals surface area contributed by atoms with Crippen molar-refractivity contribution < 1.29 is 13.8 Å². The first-order chi connectivity index (χ1) is 15.0. The van der Waals surface area contributed by atoms with E-state index in [9.17, 15) is 13.8 Å². The number of aryl methyl sites for hydroxylation is 1. The summed E-state index contributed by atoms with van der Waals surface area (Å²) in [5.74, 6) is -0.618. The Morgan fingerprint density at radius 2 is 1.55 bits per heavy atom. The third-order valence-corrected chi connectivity index (χ3v) is 7.76. The van der Waals surface area contributed by atoms with E-state index in [4.69, 9.17) is 5.73 Å². The fraction of sp³-hybridized carbons (Fsp3) is 0.440. The number of rotatable bonds is 12. The smallest absolute Gasteiger partial charge is 0.240 e. The van der Waals surface area contributed by atoms with Crippen molar-refractivity contribution >= 4 is 22.6 Å². The van der Waals surface area contributed by atoms with Gasteiger partial charge in [-0.2, -0.15) is 0 Å². The number of β-lactam (4-membered cyclic amide) rings is 1. The number of hydrogen-bond donors (Lipinski definition) is 1. The van der Waals surface area contributed by atoms with Crippen LogP contribution < -0.4 is 5.73 Å². The van der Waals surface area contributed by atoms with Crippen molar-refractivity contribution in [2.75, 3.05) is 0 Å². The summed E-state index contributed by atoms with van der Waals surface area (Å²) < 4.78 is 13.0. The van der Waals surface area contributed by atoms with Gasteiger partial charge in [-0.3, -0.25) is 13.8 Å². The third-order valence-electron chi connectivity index (χ3n) is 5.97. The van der Waals surface area contributed by atoms with Gasteiger partial charge < -0.3 is 10.6 Å². The Balaban J connectivity index is 1.50. The molecule has 2 aromatic carbocycles. The van der Waals surface area contributed by atoms with Gasteiger partial charge in [-0.05, 0) is 30.4 Å². The number of likely N-dealkylation sites (tertiary alicyclic amines) is 1. The molecule has 1 aliphatic rings. The maximum atomic E-state index is 13.0. The van der Waals surface area contributed by atoms with Crippen LogP contribution in [0.4, 0.5) is 0 Å². The van der Waals surface area contributed by atoms with Crippen LogP contribution in [0.3, 0.4) is 0 Å². The second-order valence-corrected chi connectivity index (χ2v) is 9.83. The molecule has 31 heavy (non-hydrogen) atoms. The molecule has 3 rings (SSSR count). The van der Waals surface area contributed by atoms with E-state index in [-0.39, 0.29) is 11.8 Å². The number of carbonyl (C=O) groups excluding carboxylic acids is 2. The molecule has 0 bridgehead atoms. The molecule has 2 N–H and O–H groups in total. The van der Waals surface area contributed by atoms with Crippen LogP contribution >= 0.6 is 0 Å². The Hall–Kier alpha value is -2.47. The molecule has 1 fully saturated rings. The standard InChI is InChI=1S/C25H32N2O3S/c1-19-24(29)27(25(19)31(30)18-21-15-9-5-10-16-21)22(23(26)28)17-11-3-2-6-12-20-13-7-4-8-14-20/h4-5,7-10,13-16,19,22,25H,2-3,6,11-12,17-18H2,1H3,(H2,26,28). The summed E-state index contributed by atoms with van der Waals surface area (Å²) in [6.07, 6.45) is 5.52. The molecule has 4 atom stereocenters. The predicted molar refractivity (Wildman–Crippen MR) is 124 cm³/mol. The lowest BCUT2D eigenvalue weighted by atomic mass is 9.94. The van der Waals surface area contributed by atoms with Crippen LogP contribution in [0.25, 0.3) is 0 Å². The van der Waals surface area contributed by atoms with Crippen molar-refractivity contribution in [1.29, 1.82) is 0 Å². The van der Waals surface area contributed by atoms with Crippen molar-refractivity contribution in [1.82, 2.24) is 4.90 Å². The molecule has 6 heteroatoms. The number of hydrogen-bond acceptors (Lipinski definition) is 3. The number of unbranched alkanes of at least 4 members (excludes halogenated alkanes) is 3. The van der Waals surface area contributed by atoms with Crippen molar-refractivity contribution in [2.24, 2.45) is 11.7 Å². The van der Waals surface area contributed by atoms with Gasteiger partial charge in [0.1, 0.15) is 11.4 Å². The lowest BCUT2D eigenvalue weighted by Crippen LogP contribution is -2.67. The number of nitrogens with zero attached hydrogens (tertiary/aromatic N) is 1. The van der Waals surface area contributed by atoms with E-state index in [0.29, 0.717) is 12.2 Å². The van der Waals surface area contributed by atoms with E-state index in [0.717, 1.165) is 37.7 Å². The van der Waals surface area contributed by atoms with E-state index in [1.165, 1.54) is 10.5 Å². The fourth-order valence-electron chi connectivity index (χ4n) is 4.23. The average molecular weight is 441 g/mol. The summed E-state index contributed by atoms with van der Waals surface area (Å²) in [6, 6.07) is 19.3. The Bertz CT molecular complexity index is 888. The molecular formula is C25H32N2O3S. The van der Waals surface area contributed by atoms with Crippen molar-refractivity contribution in [2.45, 2.75) is 62.6 Å². The van der Waals surface area contributed by atoms with Crippen LogP contribution in [0, 0.1) is 5.92 Å². The van der Waals surface area contributed by atoms with Gasteiger partial charge in [-0.1, -0.05) is 86.8 Å². The zero-order valence-electron chi connectivity index (χ0n) is 18.1. The quantitative estimate of drug-likeness (QED) is 0.403. The van der Waals surface area contributed by atoms with Gasteiger partial charge in [0, 0.05) is 10.8 Å².